The van der Waals surface area contributed by atoms with Gasteiger partial charge in [-0.05, 0) is 20.8 Å². The van der Waals surface area contributed by atoms with Crippen LogP contribution in [0.1, 0.15) is 20.8 Å². The van der Waals surface area contributed by atoms with Crippen LogP contribution < -0.4 is 5.32 Å². The first-order valence-electron chi connectivity index (χ1n) is 6.07. The Hall–Kier alpha value is -1.36. The van der Waals surface area contributed by atoms with Gasteiger partial charge in [0.2, 0.25) is 0 Å². The highest BCUT2D eigenvalue weighted by molar-refractivity contribution is 6.24. The second kappa shape index (κ2) is 8.69. The van der Waals surface area contributed by atoms with Gasteiger partial charge < -0.3 is 5.32 Å². The van der Waals surface area contributed by atoms with Crippen LogP contribution in [0.15, 0.2) is 27.4 Å². The highest BCUT2D eigenvalue weighted by atomic mass is 35.5. The largest absolute Gasteiger partial charge is 0.387 e. The number of halogens is 1. The number of hydrazone groups is 1. The Kier molecular flexibility index (Phi) is 8.07. The average Bonchev–Trinajstić information content (AvgIpc) is 2.39. The summed E-state index contributed by atoms with van der Waals surface area (Å²) in [4.78, 5) is 8.50. The van der Waals surface area contributed by atoms with Crippen molar-refractivity contribution in [3.63, 3.8) is 0 Å². The van der Waals surface area contributed by atoms with Crippen LogP contribution in [0.3, 0.4) is 0 Å². The van der Waals surface area contributed by atoms with Crippen LogP contribution in [0.25, 0.3) is 0 Å². The Labute approximate surface area is 121 Å². The van der Waals surface area contributed by atoms with Crippen molar-refractivity contribution in [2.45, 2.75) is 26.3 Å². The zero-order chi connectivity index (χ0) is 14.9. The highest BCUT2D eigenvalue weighted by Gasteiger charge is 2.21. The van der Waals surface area contributed by atoms with E-state index in [4.69, 9.17) is 11.6 Å². The van der Waals surface area contributed by atoms with E-state index in [1.165, 1.54) is 0 Å². The number of allylic oxidation sites excluding steroid dienone is 1. The van der Waals surface area contributed by atoms with Gasteiger partial charge >= 0.3 is 0 Å². The van der Waals surface area contributed by atoms with Gasteiger partial charge in [-0.15, -0.1) is 11.6 Å². The summed E-state index contributed by atoms with van der Waals surface area (Å²) in [6, 6.07) is 0. The van der Waals surface area contributed by atoms with E-state index in [2.05, 4.69) is 40.8 Å². The van der Waals surface area contributed by atoms with Crippen LogP contribution in [0, 0.1) is 0 Å². The van der Waals surface area contributed by atoms with Crippen LogP contribution in [0.5, 0.6) is 0 Å². The highest BCUT2D eigenvalue weighted by Crippen LogP contribution is 2.12. The second-order valence-electron chi connectivity index (χ2n) is 4.69. The van der Waals surface area contributed by atoms with Crippen molar-refractivity contribution in [1.29, 1.82) is 0 Å². The van der Waals surface area contributed by atoms with E-state index in [0.29, 0.717) is 12.4 Å². The standard InChI is InChI=1S/C13H24ClN5/c1-11(15-5)12(2)17-10-16-9-13(3,4)19(6)18-8-7-14/h8,10,15H,1,7,9H2,2-6H3/b16-10?,17-12?,18-8+. The molecule has 0 heterocycles. The minimum absolute atomic E-state index is 0.192. The fraction of sp³-hybridized carbons (Fsp3) is 0.615. The zero-order valence-corrected chi connectivity index (χ0v) is 13.2. The molecule has 0 amide bonds. The molecule has 0 unspecified atom stereocenters. The molecule has 0 aromatic heterocycles. The first-order chi connectivity index (χ1) is 8.85. The number of hydrogen-bond donors (Lipinski definition) is 1. The fourth-order valence-electron chi connectivity index (χ4n) is 1.06. The second-order valence-corrected chi connectivity index (χ2v) is 5.00. The molecule has 0 rings (SSSR count). The van der Waals surface area contributed by atoms with Gasteiger partial charge in [0.25, 0.3) is 0 Å². The van der Waals surface area contributed by atoms with Gasteiger partial charge in [-0.3, -0.25) is 10.0 Å². The van der Waals surface area contributed by atoms with E-state index < -0.39 is 0 Å². The predicted octanol–water partition coefficient (Wildman–Crippen LogP) is 2.14. The Balaban J connectivity index is 4.45. The summed E-state index contributed by atoms with van der Waals surface area (Å²) in [5.41, 5.74) is 1.41. The summed E-state index contributed by atoms with van der Waals surface area (Å²) in [5, 5.41) is 8.99. The van der Waals surface area contributed by atoms with Gasteiger partial charge in [0.05, 0.1) is 23.7 Å². The summed E-state index contributed by atoms with van der Waals surface area (Å²) in [6.07, 6.45) is 3.21. The van der Waals surface area contributed by atoms with Gasteiger partial charge in [0.1, 0.15) is 6.34 Å². The molecule has 6 heteroatoms. The number of likely N-dealkylation sites (N-methyl/N-ethyl adjacent to an activating group) is 1. The number of alkyl halides is 1. The van der Waals surface area contributed by atoms with Crippen LogP contribution in [-0.4, -0.2) is 55.3 Å². The van der Waals surface area contributed by atoms with Crippen molar-refractivity contribution in [2.75, 3.05) is 26.5 Å². The molecule has 0 aromatic carbocycles. The number of rotatable bonds is 8. The zero-order valence-electron chi connectivity index (χ0n) is 12.4. The average molecular weight is 286 g/mol. The van der Waals surface area contributed by atoms with Gasteiger partial charge in [-0.2, -0.15) is 5.10 Å². The maximum absolute atomic E-state index is 5.56. The fourth-order valence-corrected chi connectivity index (χ4v) is 1.12. The van der Waals surface area contributed by atoms with Crippen molar-refractivity contribution in [3.8, 4) is 0 Å². The third kappa shape index (κ3) is 6.96. The summed E-state index contributed by atoms with van der Waals surface area (Å²) in [6.45, 7) is 10.4. The van der Waals surface area contributed by atoms with Gasteiger partial charge in [0.15, 0.2) is 0 Å². The lowest BCUT2D eigenvalue weighted by molar-refractivity contribution is 0.173. The molecule has 5 nitrogen and oxygen atoms in total. The monoisotopic (exact) mass is 285 g/mol. The molecule has 0 bridgehead atoms. The van der Waals surface area contributed by atoms with E-state index >= 15 is 0 Å². The Morgan fingerprint density at radius 1 is 1.47 bits per heavy atom. The van der Waals surface area contributed by atoms with Crippen molar-refractivity contribution in [2.24, 2.45) is 15.1 Å². The SMILES string of the molecule is C=C(NC)C(C)=NC=NCC(C)(C)N(C)/N=C/CCl. The van der Waals surface area contributed by atoms with Crippen molar-refractivity contribution in [1.82, 2.24) is 10.3 Å². The third-order valence-electron chi connectivity index (χ3n) is 2.75. The summed E-state index contributed by atoms with van der Waals surface area (Å²) in [7, 11) is 3.71. The van der Waals surface area contributed by atoms with Crippen LogP contribution in [0.2, 0.25) is 0 Å². The summed E-state index contributed by atoms with van der Waals surface area (Å²) >= 11 is 5.56. The Bertz CT molecular complexity index is 371. The van der Waals surface area contributed by atoms with Crippen LogP contribution in [-0.2, 0) is 0 Å². The number of nitrogens with one attached hydrogen (secondary N) is 1. The van der Waals surface area contributed by atoms with E-state index in [9.17, 15) is 0 Å². The molecule has 0 aliphatic heterocycles. The first kappa shape index (κ1) is 17.6. The summed E-state index contributed by atoms with van der Waals surface area (Å²) < 4.78 is 0. The van der Waals surface area contributed by atoms with Crippen molar-refractivity contribution >= 4 is 29.9 Å². The molecule has 1 N–H and O–H groups in total. The summed E-state index contributed by atoms with van der Waals surface area (Å²) in [5.74, 6) is 0.402. The van der Waals surface area contributed by atoms with Crippen molar-refractivity contribution < 1.29 is 0 Å². The van der Waals surface area contributed by atoms with Gasteiger partial charge in [-0.1, -0.05) is 6.58 Å². The third-order valence-corrected chi connectivity index (χ3v) is 2.89. The predicted molar refractivity (Wildman–Crippen MR) is 85.7 cm³/mol. The lowest BCUT2D eigenvalue weighted by Crippen LogP contribution is -2.40. The molecule has 0 aliphatic rings. The number of aliphatic imine (C=N–C) groups is 2. The van der Waals surface area contributed by atoms with E-state index in [1.807, 2.05) is 26.0 Å². The Morgan fingerprint density at radius 3 is 2.63 bits per heavy atom. The lowest BCUT2D eigenvalue weighted by atomic mass is 10.1. The van der Waals surface area contributed by atoms with Crippen LogP contribution >= 0.6 is 11.6 Å². The molecule has 0 saturated carbocycles. The van der Waals surface area contributed by atoms with Crippen LogP contribution in [0.4, 0.5) is 0 Å². The molecule has 0 radical (unpaired) electrons. The Morgan fingerprint density at radius 2 is 2.11 bits per heavy atom. The molecule has 0 spiro atoms. The van der Waals surface area contributed by atoms with E-state index in [-0.39, 0.29) is 5.54 Å². The molecule has 0 atom stereocenters. The van der Waals surface area contributed by atoms with Gasteiger partial charge in [0, 0.05) is 26.0 Å². The molecule has 0 saturated heterocycles. The minimum Gasteiger partial charge on any atom is -0.387 e. The maximum atomic E-state index is 5.56. The molecular formula is C13H24ClN5. The quantitative estimate of drug-likeness (QED) is 0.321. The molecular weight excluding hydrogens is 262 g/mol. The normalized spacial score (nSPS) is 13.3. The number of hydrogen-bond acceptors (Lipinski definition) is 4. The van der Waals surface area contributed by atoms with E-state index in [0.717, 1.165) is 11.4 Å². The van der Waals surface area contributed by atoms with Gasteiger partial charge in [-0.25, -0.2) is 4.99 Å². The van der Waals surface area contributed by atoms with E-state index in [1.54, 1.807) is 12.6 Å². The first-order valence-corrected chi connectivity index (χ1v) is 6.60. The smallest absolute Gasteiger partial charge is 0.110 e. The molecule has 0 aliphatic carbocycles. The van der Waals surface area contributed by atoms with Crippen molar-refractivity contribution in [3.05, 3.63) is 12.3 Å². The molecule has 108 valence electrons. The lowest BCUT2D eigenvalue weighted by Gasteiger charge is -2.31. The molecule has 0 fully saturated rings. The maximum Gasteiger partial charge on any atom is 0.110 e. The molecule has 0 aromatic rings. The minimum atomic E-state index is -0.192. The number of nitrogens with zero attached hydrogens (tertiary/aromatic N) is 4. The molecule has 19 heavy (non-hydrogen) atoms. The topological polar surface area (TPSA) is 52.4 Å².